The minimum Gasteiger partial charge on any atom is -0.447 e. The zero-order valence-electron chi connectivity index (χ0n) is 16.5. The monoisotopic (exact) mass is 420 g/mol. The van der Waals surface area contributed by atoms with E-state index in [0.717, 1.165) is 37.7 Å². The molecule has 1 N–H and O–H groups in total. The molecule has 29 heavy (non-hydrogen) atoms. The SMILES string of the molecule is O=C1N[C@H](CCC(=O)N2CC(c3ccc(S(=O)(=O)C4CCCCC4)cc3)C2)CO1. The maximum atomic E-state index is 12.8. The predicted molar refractivity (Wildman–Crippen MR) is 107 cm³/mol. The van der Waals surface area contributed by atoms with Gasteiger partial charge in [0.25, 0.3) is 0 Å². The number of hydrogen-bond donors (Lipinski definition) is 1. The average Bonchev–Trinajstić information content (AvgIpc) is 3.11. The van der Waals surface area contributed by atoms with Crippen molar-refractivity contribution in [2.24, 2.45) is 0 Å². The van der Waals surface area contributed by atoms with Gasteiger partial charge in [0.15, 0.2) is 9.84 Å². The molecule has 2 amide bonds. The minimum atomic E-state index is -3.24. The zero-order valence-corrected chi connectivity index (χ0v) is 17.3. The van der Waals surface area contributed by atoms with Gasteiger partial charge in [-0.25, -0.2) is 13.2 Å². The van der Waals surface area contributed by atoms with E-state index in [1.165, 1.54) is 0 Å². The molecule has 1 aliphatic carbocycles. The number of nitrogens with zero attached hydrogens (tertiary/aromatic N) is 1. The average molecular weight is 421 g/mol. The van der Waals surface area contributed by atoms with Crippen molar-refractivity contribution in [1.82, 2.24) is 10.2 Å². The number of nitrogens with one attached hydrogen (secondary N) is 1. The molecule has 0 unspecified atom stereocenters. The molecule has 1 saturated carbocycles. The third kappa shape index (κ3) is 4.42. The first-order valence-electron chi connectivity index (χ1n) is 10.5. The van der Waals surface area contributed by atoms with E-state index in [0.29, 0.717) is 37.4 Å². The molecule has 0 aromatic heterocycles. The van der Waals surface area contributed by atoms with Crippen LogP contribution in [0.15, 0.2) is 29.2 Å². The molecular formula is C21H28N2O5S. The molecular weight excluding hydrogens is 392 g/mol. The summed E-state index contributed by atoms with van der Waals surface area (Å²) < 4.78 is 30.4. The van der Waals surface area contributed by atoms with Gasteiger partial charge < -0.3 is 15.0 Å². The Bertz CT molecular complexity index is 856. The van der Waals surface area contributed by atoms with Crippen LogP contribution in [0.3, 0.4) is 0 Å². The summed E-state index contributed by atoms with van der Waals surface area (Å²) in [5, 5.41) is 2.44. The van der Waals surface area contributed by atoms with Crippen LogP contribution in [0.2, 0.25) is 0 Å². The summed E-state index contributed by atoms with van der Waals surface area (Å²) in [5.41, 5.74) is 1.08. The van der Waals surface area contributed by atoms with Gasteiger partial charge in [-0.15, -0.1) is 0 Å². The van der Waals surface area contributed by atoms with Gasteiger partial charge in [-0.05, 0) is 37.0 Å². The number of ether oxygens (including phenoxy) is 1. The van der Waals surface area contributed by atoms with Crippen molar-refractivity contribution in [2.45, 2.75) is 67.1 Å². The molecule has 3 aliphatic rings. The highest BCUT2D eigenvalue weighted by molar-refractivity contribution is 7.92. The second-order valence-electron chi connectivity index (χ2n) is 8.35. The molecule has 2 heterocycles. The normalized spacial score (nSPS) is 23.4. The predicted octanol–water partition coefficient (Wildman–Crippen LogP) is 2.61. The van der Waals surface area contributed by atoms with Crippen LogP contribution in [-0.2, 0) is 19.4 Å². The van der Waals surface area contributed by atoms with Crippen molar-refractivity contribution in [2.75, 3.05) is 19.7 Å². The smallest absolute Gasteiger partial charge is 0.407 e. The van der Waals surface area contributed by atoms with Crippen molar-refractivity contribution in [3.05, 3.63) is 29.8 Å². The third-order valence-corrected chi connectivity index (χ3v) is 8.63. The second kappa shape index (κ2) is 8.34. The lowest BCUT2D eigenvalue weighted by molar-refractivity contribution is -0.135. The van der Waals surface area contributed by atoms with Gasteiger partial charge in [-0.2, -0.15) is 0 Å². The van der Waals surface area contributed by atoms with E-state index in [9.17, 15) is 18.0 Å². The zero-order chi connectivity index (χ0) is 20.4. The molecule has 158 valence electrons. The van der Waals surface area contributed by atoms with Gasteiger partial charge in [0.1, 0.15) is 6.61 Å². The van der Waals surface area contributed by atoms with Gasteiger partial charge in [0.05, 0.1) is 16.2 Å². The van der Waals surface area contributed by atoms with E-state index >= 15 is 0 Å². The Morgan fingerprint density at radius 2 is 1.79 bits per heavy atom. The van der Waals surface area contributed by atoms with Crippen LogP contribution in [0.1, 0.15) is 56.4 Å². The molecule has 4 rings (SSSR count). The summed E-state index contributed by atoms with van der Waals surface area (Å²) in [5.74, 6) is 0.332. The van der Waals surface area contributed by atoms with Crippen LogP contribution in [0.5, 0.6) is 0 Å². The quantitative estimate of drug-likeness (QED) is 0.764. The molecule has 0 spiro atoms. The first-order valence-corrected chi connectivity index (χ1v) is 12.0. The van der Waals surface area contributed by atoms with Crippen LogP contribution in [0.25, 0.3) is 0 Å². The summed E-state index contributed by atoms with van der Waals surface area (Å²) in [6.45, 7) is 1.63. The Morgan fingerprint density at radius 3 is 2.41 bits per heavy atom. The van der Waals surface area contributed by atoms with E-state index in [1.54, 1.807) is 12.1 Å². The van der Waals surface area contributed by atoms with E-state index in [-0.39, 0.29) is 23.1 Å². The van der Waals surface area contributed by atoms with Crippen molar-refractivity contribution in [3.63, 3.8) is 0 Å². The number of carbonyl (C=O) groups excluding carboxylic acids is 2. The lowest BCUT2D eigenvalue weighted by atomic mass is 9.91. The van der Waals surface area contributed by atoms with Gasteiger partial charge in [0.2, 0.25) is 5.91 Å². The molecule has 3 fully saturated rings. The fourth-order valence-corrected chi connectivity index (χ4v) is 6.28. The molecule has 0 bridgehead atoms. The number of benzene rings is 1. The Kier molecular flexibility index (Phi) is 5.81. The molecule has 8 heteroatoms. The molecule has 1 aromatic carbocycles. The second-order valence-corrected chi connectivity index (χ2v) is 10.6. The topological polar surface area (TPSA) is 92.8 Å². The lowest BCUT2D eigenvalue weighted by Gasteiger charge is -2.40. The minimum absolute atomic E-state index is 0.0813. The number of hydrogen-bond acceptors (Lipinski definition) is 5. The van der Waals surface area contributed by atoms with Gasteiger partial charge in [-0.1, -0.05) is 31.4 Å². The Morgan fingerprint density at radius 1 is 1.10 bits per heavy atom. The number of carbonyl (C=O) groups is 2. The number of alkyl carbamates (subject to hydrolysis) is 1. The van der Waals surface area contributed by atoms with Gasteiger partial charge >= 0.3 is 6.09 Å². The maximum Gasteiger partial charge on any atom is 0.407 e. The maximum absolute atomic E-state index is 12.8. The number of amides is 2. The Balaban J connectivity index is 1.27. The number of sulfone groups is 1. The third-order valence-electron chi connectivity index (χ3n) is 6.35. The summed E-state index contributed by atoms with van der Waals surface area (Å²) in [4.78, 5) is 25.5. The highest BCUT2D eigenvalue weighted by atomic mass is 32.2. The van der Waals surface area contributed by atoms with Crippen LogP contribution in [0, 0.1) is 0 Å². The van der Waals surface area contributed by atoms with E-state index in [4.69, 9.17) is 4.74 Å². The van der Waals surface area contributed by atoms with Crippen LogP contribution in [-0.4, -0.2) is 56.3 Å². The van der Waals surface area contributed by atoms with Crippen molar-refractivity contribution in [3.8, 4) is 0 Å². The lowest BCUT2D eigenvalue weighted by Crippen LogP contribution is -2.48. The van der Waals surface area contributed by atoms with Gasteiger partial charge in [-0.3, -0.25) is 4.79 Å². The number of likely N-dealkylation sites (tertiary alicyclic amines) is 1. The highest BCUT2D eigenvalue weighted by Gasteiger charge is 2.33. The summed E-state index contributed by atoms with van der Waals surface area (Å²) in [6.07, 6.45) is 5.20. The summed E-state index contributed by atoms with van der Waals surface area (Å²) in [7, 11) is -3.24. The van der Waals surface area contributed by atoms with E-state index in [1.807, 2.05) is 17.0 Å². The molecule has 2 saturated heterocycles. The molecule has 2 aliphatic heterocycles. The standard InChI is InChI=1S/C21H28N2O5S/c24-20(11-8-17-14-28-21(25)22-17)23-12-16(13-23)15-6-9-19(10-7-15)29(26,27)18-4-2-1-3-5-18/h6-7,9-10,16-18H,1-5,8,11-14H2,(H,22,25)/t17-/m1/s1. The van der Waals surface area contributed by atoms with Crippen molar-refractivity contribution in [1.29, 1.82) is 0 Å². The first kappa shape index (κ1) is 20.2. The van der Waals surface area contributed by atoms with Crippen molar-refractivity contribution < 1.29 is 22.7 Å². The highest BCUT2D eigenvalue weighted by Crippen LogP contribution is 2.31. The number of cyclic esters (lactones) is 1. The summed E-state index contributed by atoms with van der Waals surface area (Å²) >= 11 is 0. The van der Waals surface area contributed by atoms with Crippen LogP contribution in [0.4, 0.5) is 4.79 Å². The van der Waals surface area contributed by atoms with E-state index < -0.39 is 15.9 Å². The molecule has 1 atom stereocenters. The largest absolute Gasteiger partial charge is 0.447 e. The fraction of sp³-hybridized carbons (Fsp3) is 0.619. The van der Waals surface area contributed by atoms with E-state index in [2.05, 4.69) is 5.32 Å². The van der Waals surface area contributed by atoms with Crippen molar-refractivity contribution >= 4 is 21.8 Å². The Hall–Kier alpha value is -2.09. The number of rotatable bonds is 6. The Labute approximate surface area is 171 Å². The van der Waals surface area contributed by atoms with Crippen LogP contribution >= 0.6 is 0 Å². The first-order chi connectivity index (χ1) is 13.9. The van der Waals surface area contributed by atoms with Gasteiger partial charge in [0, 0.05) is 25.4 Å². The molecule has 7 nitrogen and oxygen atoms in total. The molecule has 0 radical (unpaired) electrons. The fourth-order valence-electron chi connectivity index (χ4n) is 4.43. The van der Waals surface area contributed by atoms with Crippen LogP contribution < -0.4 is 5.32 Å². The summed E-state index contributed by atoms with van der Waals surface area (Å²) in [6, 6.07) is 7.17. The molecule has 1 aromatic rings.